The molecule has 2 rings (SSSR count). The molecule has 3 nitrogen and oxygen atoms in total. The molecular formula is C14H25NO2. The lowest BCUT2D eigenvalue weighted by Crippen LogP contribution is -2.39. The van der Waals surface area contributed by atoms with Gasteiger partial charge in [-0.15, -0.1) is 0 Å². The lowest BCUT2D eigenvalue weighted by molar-refractivity contribution is -0.132. The largest absolute Gasteiger partial charge is 0.391 e. The third-order valence-electron chi connectivity index (χ3n) is 4.45. The van der Waals surface area contributed by atoms with Gasteiger partial charge in [-0.05, 0) is 37.5 Å². The predicted molar refractivity (Wildman–Crippen MR) is 67.6 cm³/mol. The van der Waals surface area contributed by atoms with E-state index in [0.717, 1.165) is 32.2 Å². The number of hydrogen-bond acceptors (Lipinski definition) is 2. The molecule has 98 valence electrons. The number of carbonyl (C=O) groups is 1. The Balaban J connectivity index is 1.85. The summed E-state index contributed by atoms with van der Waals surface area (Å²) in [7, 11) is 0. The van der Waals surface area contributed by atoms with E-state index < -0.39 is 0 Å². The summed E-state index contributed by atoms with van der Waals surface area (Å²) in [5.41, 5.74) is 0. The van der Waals surface area contributed by atoms with Crippen molar-refractivity contribution in [2.75, 3.05) is 13.1 Å². The highest BCUT2D eigenvalue weighted by molar-refractivity contribution is 5.76. The van der Waals surface area contributed by atoms with Gasteiger partial charge < -0.3 is 10.0 Å². The van der Waals surface area contributed by atoms with Crippen molar-refractivity contribution in [3.8, 4) is 0 Å². The van der Waals surface area contributed by atoms with Crippen molar-refractivity contribution >= 4 is 5.91 Å². The summed E-state index contributed by atoms with van der Waals surface area (Å²) in [5, 5.41) is 10.2. The molecule has 1 amide bonds. The number of β-amino-alcohol motifs (C(OH)–C–C–N with tert-alkyl or cyclic N) is 1. The Morgan fingerprint density at radius 3 is 2.71 bits per heavy atom. The van der Waals surface area contributed by atoms with Gasteiger partial charge in [-0.3, -0.25) is 4.79 Å². The zero-order valence-corrected chi connectivity index (χ0v) is 10.9. The van der Waals surface area contributed by atoms with Gasteiger partial charge in [-0.1, -0.05) is 19.8 Å². The fourth-order valence-electron chi connectivity index (χ4n) is 3.08. The van der Waals surface area contributed by atoms with Crippen LogP contribution in [0.5, 0.6) is 0 Å². The van der Waals surface area contributed by atoms with Crippen LogP contribution in [-0.4, -0.2) is 35.1 Å². The number of aliphatic hydroxyl groups is 1. The zero-order chi connectivity index (χ0) is 12.3. The molecule has 17 heavy (non-hydrogen) atoms. The number of hydrogen-bond donors (Lipinski definition) is 1. The van der Waals surface area contributed by atoms with Crippen LogP contribution in [0.1, 0.15) is 51.9 Å². The van der Waals surface area contributed by atoms with Gasteiger partial charge in [0.1, 0.15) is 0 Å². The van der Waals surface area contributed by atoms with E-state index in [0.29, 0.717) is 24.8 Å². The van der Waals surface area contributed by atoms with Crippen molar-refractivity contribution in [3.05, 3.63) is 0 Å². The van der Waals surface area contributed by atoms with Crippen molar-refractivity contribution < 1.29 is 9.90 Å². The third kappa shape index (κ3) is 3.44. The maximum Gasteiger partial charge on any atom is 0.222 e. The van der Waals surface area contributed by atoms with Crippen LogP contribution in [0.25, 0.3) is 0 Å². The van der Waals surface area contributed by atoms with Crippen LogP contribution in [0.15, 0.2) is 0 Å². The minimum Gasteiger partial charge on any atom is -0.391 e. The second-order valence-corrected chi connectivity index (χ2v) is 5.88. The first-order valence-corrected chi connectivity index (χ1v) is 7.12. The van der Waals surface area contributed by atoms with Crippen LogP contribution in [0.2, 0.25) is 0 Å². The maximum absolute atomic E-state index is 11.9. The maximum atomic E-state index is 11.9. The summed E-state index contributed by atoms with van der Waals surface area (Å²) in [5.74, 6) is 1.32. The summed E-state index contributed by atoms with van der Waals surface area (Å²) in [6.07, 6.45) is 7.23. The molecule has 0 bridgehead atoms. The highest BCUT2D eigenvalue weighted by Gasteiger charge is 2.27. The van der Waals surface area contributed by atoms with E-state index in [1.165, 1.54) is 12.8 Å². The molecule has 1 saturated carbocycles. The van der Waals surface area contributed by atoms with Gasteiger partial charge in [-0.2, -0.15) is 0 Å². The van der Waals surface area contributed by atoms with Crippen molar-refractivity contribution in [2.45, 2.75) is 58.0 Å². The summed E-state index contributed by atoms with van der Waals surface area (Å²) in [4.78, 5) is 13.8. The Labute approximate surface area is 104 Å². The number of carbonyl (C=O) groups excluding carboxylic acids is 1. The fraction of sp³-hybridized carbons (Fsp3) is 0.929. The minimum absolute atomic E-state index is 0.242. The second kappa shape index (κ2) is 5.85. The molecule has 3 heteroatoms. The smallest absolute Gasteiger partial charge is 0.222 e. The Morgan fingerprint density at radius 1 is 1.29 bits per heavy atom. The highest BCUT2D eigenvalue weighted by atomic mass is 16.3. The van der Waals surface area contributed by atoms with E-state index in [1.54, 1.807) is 0 Å². The molecule has 0 radical (unpaired) electrons. The van der Waals surface area contributed by atoms with Crippen LogP contribution >= 0.6 is 0 Å². The molecule has 1 heterocycles. The van der Waals surface area contributed by atoms with E-state index >= 15 is 0 Å². The molecular weight excluding hydrogens is 214 g/mol. The standard InChI is InChI=1S/C14H25NO2/c1-11-6-7-14(17)15(9-8-11)10-13(16)12-4-2-3-5-12/h11-13,16H,2-10H2,1H3. The Morgan fingerprint density at radius 2 is 2.00 bits per heavy atom. The van der Waals surface area contributed by atoms with E-state index in [1.807, 2.05) is 4.90 Å². The molecule has 0 aromatic heterocycles. The summed E-state index contributed by atoms with van der Waals surface area (Å²) >= 11 is 0. The summed E-state index contributed by atoms with van der Waals surface area (Å²) < 4.78 is 0. The third-order valence-corrected chi connectivity index (χ3v) is 4.45. The molecule has 0 spiro atoms. The van der Waals surface area contributed by atoms with Crippen LogP contribution in [0.3, 0.4) is 0 Å². The van der Waals surface area contributed by atoms with Crippen LogP contribution < -0.4 is 0 Å². The molecule has 2 fully saturated rings. The average Bonchev–Trinajstić information content (AvgIpc) is 2.80. The Bertz CT molecular complexity index is 261. The normalized spacial score (nSPS) is 29.4. The van der Waals surface area contributed by atoms with Crippen molar-refractivity contribution in [2.24, 2.45) is 11.8 Å². The lowest BCUT2D eigenvalue weighted by atomic mass is 10.0. The van der Waals surface area contributed by atoms with E-state index in [-0.39, 0.29) is 12.0 Å². The highest BCUT2D eigenvalue weighted by Crippen LogP contribution is 2.28. The molecule has 1 aliphatic heterocycles. The van der Waals surface area contributed by atoms with Gasteiger partial charge in [0.15, 0.2) is 0 Å². The number of amides is 1. The van der Waals surface area contributed by atoms with Crippen LogP contribution in [-0.2, 0) is 4.79 Å². The molecule has 1 saturated heterocycles. The first kappa shape index (κ1) is 12.9. The van der Waals surface area contributed by atoms with Gasteiger partial charge in [0.25, 0.3) is 0 Å². The number of aliphatic hydroxyl groups excluding tert-OH is 1. The molecule has 1 aliphatic carbocycles. The van der Waals surface area contributed by atoms with Crippen LogP contribution in [0, 0.1) is 11.8 Å². The van der Waals surface area contributed by atoms with Gasteiger partial charge in [0.05, 0.1) is 6.10 Å². The molecule has 0 aromatic carbocycles. The van der Waals surface area contributed by atoms with Crippen LogP contribution in [0.4, 0.5) is 0 Å². The van der Waals surface area contributed by atoms with Crippen molar-refractivity contribution in [1.29, 1.82) is 0 Å². The molecule has 2 unspecified atom stereocenters. The first-order chi connectivity index (χ1) is 8.16. The predicted octanol–water partition coefficient (Wildman–Crippen LogP) is 2.19. The van der Waals surface area contributed by atoms with E-state index in [9.17, 15) is 9.90 Å². The quantitative estimate of drug-likeness (QED) is 0.820. The monoisotopic (exact) mass is 239 g/mol. The van der Waals surface area contributed by atoms with E-state index in [2.05, 4.69) is 6.92 Å². The van der Waals surface area contributed by atoms with Crippen molar-refractivity contribution in [3.63, 3.8) is 0 Å². The minimum atomic E-state index is -0.296. The molecule has 2 aliphatic rings. The van der Waals surface area contributed by atoms with Gasteiger partial charge >= 0.3 is 0 Å². The first-order valence-electron chi connectivity index (χ1n) is 7.12. The summed E-state index contributed by atoms with van der Waals surface area (Å²) in [6, 6.07) is 0. The average molecular weight is 239 g/mol. The molecule has 1 N–H and O–H groups in total. The molecule has 2 atom stereocenters. The van der Waals surface area contributed by atoms with Gasteiger partial charge in [0, 0.05) is 19.5 Å². The fourth-order valence-corrected chi connectivity index (χ4v) is 3.08. The van der Waals surface area contributed by atoms with Gasteiger partial charge in [-0.25, -0.2) is 0 Å². The topological polar surface area (TPSA) is 40.5 Å². The van der Waals surface area contributed by atoms with Gasteiger partial charge in [0.2, 0.25) is 5.91 Å². The van der Waals surface area contributed by atoms with E-state index in [4.69, 9.17) is 0 Å². The van der Waals surface area contributed by atoms with Crippen molar-refractivity contribution in [1.82, 2.24) is 4.90 Å². The second-order valence-electron chi connectivity index (χ2n) is 5.88. The summed E-state index contributed by atoms with van der Waals surface area (Å²) in [6.45, 7) is 3.62. The number of likely N-dealkylation sites (tertiary alicyclic amines) is 1. The lowest BCUT2D eigenvalue weighted by Gasteiger charge is -2.26. The Kier molecular flexibility index (Phi) is 4.43. The SMILES string of the molecule is CC1CCC(=O)N(CC(O)C2CCCC2)CC1. The zero-order valence-electron chi connectivity index (χ0n) is 10.9. The number of nitrogens with zero attached hydrogens (tertiary/aromatic N) is 1. The molecule has 0 aromatic rings. The Hall–Kier alpha value is -0.570. The number of rotatable bonds is 3.